The zero-order valence-corrected chi connectivity index (χ0v) is 13.6. The molecule has 4 atom stereocenters. The largest absolute Gasteiger partial charge is 0.469 e. The van der Waals surface area contributed by atoms with Crippen molar-refractivity contribution < 1.29 is 33.8 Å². The predicted molar refractivity (Wildman–Crippen MR) is 81.0 cm³/mol. The summed E-state index contributed by atoms with van der Waals surface area (Å²) in [6.07, 6.45) is -3.77. The maximum atomic E-state index is 10.8. The van der Waals surface area contributed by atoms with Crippen molar-refractivity contribution in [2.45, 2.75) is 24.5 Å². The summed E-state index contributed by atoms with van der Waals surface area (Å²) in [5.41, 5.74) is 6.24. The van der Waals surface area contributed by atoms with Crippen LogP contribution in [0, 0.1) is 4.64 Å². The zero-order valence-electron chi connectivity index (χ0n) is 11.9. The number of nitrogens with two attached hydrogens (primary N) is 1. The summed E-state index contributed by atoms with van der Waals surface area (Å²) >= 11 is 5.04. The lowest BCUT2D eigenvalue weighted by Crippen LogP contribution is -2.33. The number of imidazole rings is 1. The number of phosphoric ester groups is 1. The van der Waals surface area contributed by atoms with Gasteiger partial charge in [-0.05, 0) is 0 Å². The number of nitrogens with one attached hydrogen (secondary N) is 1. The lowest BCUT2D eigenvalue weighted by atomic mass is 10.1. The fraction of sp³-hybridized carbons (Fsp3) is 0.500. The molecule has 7 N–H and O–H groups in total. The number of phosphoric acid groups is 1. The van der Waals surface area contributed by atoms with Gasteiger partial charge in [0.1, 0.15) is 29.5 Å². The van der Waals surface area contributed by atoms with Crippen LogP contribution in [0.4, 0.5) is 5.95 Å². The molecule has 2 unspecified atom stereocenters. The molecule has 14 heteroatoms. The van der Waals surface area contributed by atoms with E-state index in [1.165, 1.54) is 10.9 Å². The lowest BCUT2D eigenvalue weighted by molar-refractivity contribution is -0.0503. The number of hydrogen-bond acceptors (Lipinski definition) is 9. The summed E-state index contributed by atoms with van der Waals surface area (Å²) in [6, 6.07) is 0. The third-order valence-corrected chi connectivity index (χ3v) is 4.25. The number of H-pyrrole nitrogens is 1. The second kappa shape index (κ2) is 6.13. The van der Waals surface area contributed by atoms with Crippen molar-refractivity contribution in [1.82, 2.24) is 19.5 Å². The van der Waals surface area contributed by atoms with E-state index in [2.05, 4.69) is 19.5 Å². The first kappa shape index (κ1) is 17.4. The highest BCUT2D eigenvalue weighted by molar-refractivity contribution is 7.71. The number of aliphatic hydroxyl groups excluding tert-OH is 2. The van der Waals surface area contributed by atoms with Crippen LogP contribution >= 0.6 is 20.0 Å². The SMILES string of the molecule is Nc1nc(=S)c2ncn([C@@H]3O[C@H](COP(=O)(O)O)C(O)C3O)c2[nH]1. The van der Waals surface area contributed by atoms with Gasteiger partial charge in [0.25, 0.3) is 0 Å². The number of nitrogens with zero attached hydrogens (tertiary/aromatic N) is 3. The van der Waals surface area contributed by atoms with Gasteiger partial charge in [0.05, 0.1) is 12.9 Å². The molecule has 1 saturated heterocycles. The van der Waals surface area contributed by atoms with Crippen LogP contribution in [0.2, 0.25) is 0 Å². The van der Waals surface area contributed by atoms with Crippen LogP contribution in [0.5, 0.6) is 0 Å². The minimum absolute atomic E-state index is 0.0312. The maximum absolute atomic E-state index is 10.8. The normalized spacial score (nSPS) is 27.8. The Labute approximate surface area is 139 Å². The van der Waals surface area contributed by atoms with Crippen molar-refractivity contribution in [2.24, 2.45) is 0 Å². The number of rotatable bonds is 4. The Kier molecular flexibility index (Phi) is 4.44. The summed E-state index contributed by atoms with van der Waals surface area (Å²) in [5, 5.41) is 20.2. The van der Waals surface area contributed by atoms with Gasteiger partial charge in [0.15, 0.2) is 16.8 Å². The average Bonchev–Trinajstić information content (AvgIpc) is 3.00. The molecule has 24 heavy (non-hydrogen) atoms. The molecule has 1 aliphatic rings. The summed E-state index contributed by atoms with van der Waals surface area (Å²) in [6.45, 7) is -0.606. The fourth-order valence-corrected chi connectivity index (χ4v) is 3.00. The van der Waals surface area contributed by atoms with Gasteiger partial charge in [-0.1, -0.05) is 12.2 Å². The Morgan fingerprint density at radius 3 is 2.83 bits per heavy atom. The van der Waals surface area contributed by atoms with Crippen LogP contribution in [-0.2, 0) is 13.8 Å². The smallest absolute Gasteiger partial charge is 0.387 e. The van der Waals surface area contributed by atoms with Crippen molar-refractivity contribution in [3.63, 3.8) is 0 Å². The molecule has 0 saturated carbocycles. The van der Waals surface area contributed by atoms with Gasteiger partial charge >= 0.3 is 7.82 Å². The fourth-order valence-electron chi connectivity index (χ4n) is 2.41. The molecule has 12 nitrogen and oxygen atoms in total. The Bertz CT molecular complexity index is 865. The van der Waals surface area contributed by atoms with Gasteiger partial charge in [-0.3, -0.25) is 9.09 Å². The quantitative estimate of drug-likeness (QED) is 0.276. The Balaban J connectivity index is 1.90. The van der Waals surface area contributed by atoms with Gasteiger partial charge in [-0.2, -0.15) is 0 Å². The summed E-state index contributed by atoms with van der Waals surface area (Å²) < 4.78 is 22.0. The van der Waals surface area contributed by atoms with Crippen molar-refractivity contribution in [3.05, 3.63) is 11.0 Å². The van der Waals surface area contributed by atoms with E-state index in [-0.39, 0.29) is 10.6 Å². The Morgan fingerprint density at radius 1 is 1.46 bits per heavy atom. The molecule has 0 bridgehead atoms. The molecule has 0 spiro atoms. The van der Waals surface area contributed by atoms with E-state index in [1.54, 1.807) is 0 Å². The highest BCUT2D eigenvalue weighted by Crippen LogP contribution is 2.38. The molecular weight excluding hydrogens is 365 g/mol. The number of hydrogen-bond donors (Lipinski definition) is 6. The van der Waals surface area contributed by atoms with Crippen LogP contribution in [0.1, 0.15) is 6.23 Å². The van der Waals surface area contributed by atoms with Gasteiger partial charge in [-0.25, -0.2) is 14.5 Å². The molecule has 2 aromatic rings. The van der Waals surface area contributed by atoms with E-state index in [0.717, 1.165) is 0 Å². The van der Waals surface area contributed by atoms with Crippen LogP contribution in [-0.4, -0.2) is 64.4 Å². The number of ether oxygens (including phenoxy) is 1. The third kappa shape index (κ3) is 3.20. The molecule has 0 amide bonds. The monoisotopic (exact) mass is 379 g/mol. The molecule has 3 heterocycles. The van der Waals surface area contributed by atoms with Crippen LogP contribution in [0.15, 0.2) is 6.33 Å². The first-order chi connectivity index (χ1) is 11.2. The van der Waals surface area contributed by atoms with E-state index in [9.17, 15) is 14.8 Å². The van der Waals surface area contributed by atoms with E-state index < -0.39 is 39.0 Å². The topological polar surface area (TPSA) is 189 Å². The van der Waals surface area contributed by atoms with Crippen LogP contribution in [0.25, 0.3) is 11.2 Å². The molecule has 3 rings (SSSR count). The number of aliphatic hydroxyl groups is 2. The standard InChI is InChI=1S/C10H14N5O7PS/c11-10-13-7-4(8(24)14-10)12-2-15(7)9-6(17)5(16)3(22-9)1-21-23(18,19)20/h2-3,5-6,9,16-17H,1H2,(H2,18,19,20)(H3,11,13,14,24)/t3-,5?,6?,9-/m1/s1. The van der Waals surface area contributed by atoms with E-state index in [0.29, 0.717) is 11.2 Å². The minimum atomic E-state index is -4.73. The number of nitrogen functional groups attached to an aromatic ring is 1. The molecule has 1 fully saturated rings. The summed E-state index contributed by atoms with van der Waals surface area (Å²) in [7, 11) is -4.73. The highest BCUT2D eigenvalue weighted by atomic mass is 32.1. The second-order valence-electron chi connectivity index (χ2n) is 5.11. The zero-order chi connectivity index (χ0) is 17.6. The molecule has 0 aliphatic carbocycles. The first-order valence-electron chi connectivity index (χ1n) is 6.61. The van der Waals surface area contributed by atoms with Gasteiger partial charge in [0.2, 0.25) is 0 Å². The number of aromatic amines is 1. The molecule has 0 aromatic carbocycles. The van der Waals surface area contributed by atoms with Crippen molar-refractivity contribution in [3.8, 4) is 0 Å². The summed E-state index contributed by atoms with van der Waals surface area (Å²) in [4.78, 5) is 28.1. The second-order valence-corrected chi connectivity index (χ2v) is 6.73. The van der Waals surface area contributed by atoms with Crippen molar-refractivity contribution >= 4 is 37.2 Å². The third-order valence-electron chi connectivity index (χ3n) is 3.48. The molecule has 132 valence electrons. The summed E-state index contributed by atoms with van der Waals surface area (Å²) in [5.74, 6) is 0.0312. The van der Waals surface area contributed by atoms with Crippen molar-refractivity contribution in [2.75, 3.05) is 12.3 Å². The maximum Gasteiger partial charge on any atom is 0.469 e. The number of fused-ring (bicyclic) bond motifs is 1. The Hall–Kier alpha value is -1.44. The van der Waals surface area contributed by atoms with Crippen molar-refractivity contribution in [1.29, 1.82) is 0 Å². The Morgan fingerprint density at radius 2 is 2.17 bits per heavy atom. The number of aromatic nitrogens is 4. The van der Waals surface area contributed by atoms with Crippen LogP contribution in [0.3, 0.4) is 0 Å². The van der Waals surface area contributed by atoms with E-state index >= 15 is 0 Å². The molecular formula is C10H14N5O7PS. The average molecular weight is 379 g/mol. The number of anilines is 1. The predicted octanol–water partition coefficient (Wildman–Crippen LogP) is -1.20. The van der Waals surface area contributed by atoms with Gasteiger partial charge < -0.3 is 35.5 Å². The first-order valence-corrected chi connectivity index (χ1v) is 8.55. The molecule has 0 radical (unpaired) electrons. The van der Waals surface area contributed by atoms with E-state index in [1.807, 2.05) is 0 Å². The van der Waals surface area contributed by atoms with E-state index in [4.69, 9.17) is 32.5 Å². The van der Waals surface area contributed by atoms with Gasteiger partial charge in [-0.15, -0.1) is 0 Å². The molecule has 1 aliphatic heterocycles. The molecule has 2 aromatic heterocycles. The lowest BCUT2D eigenvalue weighted by Gasteiger charge is -2.17. The minimum Gasteiger partial charge on any atom is -0.387 e. The van der Waals surface area contributed by atoms with Gasteiger partial charge in [0, 0.05) is 0 Å². The van der Waals surface area contributed by atoms with Crippen LogP contribution < -0.4 is 5.73 Å². The highest BCUT2D eigenvalue weighted by Gasteiger charge is 2.45.